The molecule has 0 amide bonds. The number of fused-ring (bicyclic) bond motifs is 6. The quantitative estimate of drug-likeness (QED) is 0.206. The van der Waals surface area contributed by atoms with Crippen LogP contribution >= 0.6 is 0 Å². The number of rotatable bonds is 3. The van der Waals surface area contributed by atoms with E-state index in [4.69, 9.17) is 4.42 Å². The van der Waals surface area contributed by atoms with Gasteiger partial charge in [0.2, 0.25) is 0 Å². The first kappa shape index (κ1) is 23.9. The highest BCUT2D eigenvalue weighted by atomic mass is 16.3. The topological polar surface area (TPSA) is 26.0 Å². The Labute approximate surface area is 248 Å². The molecule has 0 saturated carbocycles. The summed E-state index contributed by atoms with van der Waals surface area (Å²) < 4.78 is 6.63. The molecule has 43 heavy (non-hydrogen) atoms. The molecule has 200 valence electrons. The zero-order valence-corrected chi connectivity index (χ0v) is 23.3. The van der Waals surface area contributed by atoms with Crippen LogP contribution in [0.2, 0.25) is 0 Å². The minimum atomic E-state index is 0.865. The van der Waals surface area contributed by atoms with Crippen molar-refractivity contribution in [1.82, 2.24) is 4.98 Å². The minimum Gasteiger partial charge on any atom is -0.455 e. The molecule has 2 nitrogen and oxygen atoms in total. The van der Waals surface area contributed by atoms with Crippen molar-refractivity contribution >= 4 is 54.3 Å². The maximum absolute atomic E-state index is 6.63. The molecule has 0 N–H and O–H groups in total. The van der Waals surface area contributed by atoms with E-state index in [0.29, 0.717) is 0 Å². The van der Waals surface area contributed by atoms with Gasteiger partial charge in [0.1, 0.15) is 11.2 Å². The molecule has 2 aromatic heterocycles. The van der Waals surface area contributed by atoms with E-state index in [-0.39, 0.29) is 0 Å². The molecule has 0 unspecified atom stereocenters. The van der Waals surface area contributed by atoms with Crippen LogP contribution in [0.1, 0.15) is 0 Å². The van der Waals surface area contributed by atoms with Crippen molar-refractivity contribution < 1.29 is 4.42 Å². The SMILES string of the molecule is c1ccc(-c2ccc(-c3c4ccccc4c(-c4cccc5ccccc45)c4ccccc34)c3c2oc2ccccc23)nc1. The fourth-order valence-electron chi connectivity index (χ4n) is 6.91. The Bertz CT molecular complexity index is 2440. The van der Waals surface area contributed by atoms with Gasteiger partial charge in [0.25, 0.3) is 0 Å². The Morgan fingerprint density at radius 1 is 0.395 bits per heavy atom. The second-order valence-corrected chi connectivity index (χ2v) is 11.0. The number of nitrogens with zero attached hydrogens (tertiary/aromatic N) is 1. The number of furan rings is 1. The van der Waals surface area contributed by atoms with E-state index in [1.165, 1.54) is 49.0 Å². The van der Waals surface area contributed by atoms with E-state index in [1.807, 2.05) is 30.5 Å². The average molecular weight is 548 g/mol. The lowest BCUT2D eigenvalue weighted by molar-refractivity contribution is 0.670. The van der Waals surface area contributed by atoms with Gasteiger partial charge in [-0.2, -0.15) is 0 Å². The molecular formula is C41H25NO. The van der Waals surface area contributed by atoms with Gasteiger partial charge in [0.05, 0.1) is 5.69 Å². The lowest BCUT2D eigenvalue weighted by Crippen LogP contribution is -1.92. The fraction of sp³-hybridized carbons (Fsp3) is 0. The number of hydrogen-bond acceptors (Lipinski definition) is 2. The third-order valence-electron chi connectivity index (χ3n) is 8.73. The van der Waals surface area contributed by atoms with Crippen LogP contribution in [-0.2, 0) is 0 Å². The van der Waals surface area contributed by atoms with Crippen LogP contribution in [0.3, 0.4) is 0 Å². The zero-order chi connectivity index (χ0) is 28.3. The van der Waals surface area contributed by atoms with Gasteiger partial charge in [-0.15, -0.1) is 0 Å². The van der Waals surface area contributed by atoms with Crippen LogP contribution in [0.15, 0.2) is 156 Å². The van der Waals surface area contributed by atoms with E-state index in [2.05, 4.69) is 126 Å². The van der Waals surface area contributed by atoms with E-state index >= 15 is 0 Å². The summed E-state index contributed by atoms with van der Waals surface area (Å²) >= 11 is 0. The zero-order valence-electron chi connectivity index (χ0n) is 23.3. The summed E-state index contributed by atoms with van der Waals surface area (Å²) in [6.07, 6.45) is 1.84. The molecule has 0 fully saturated rings. The number of benzene rings is 7. The fourth-order valence-corrected chi connectivity index (χ4v) is 6.91. The van der Waals surface area contributed by atoms with Crippen LogP contribution in [-0.4, -0.2) is 4.98 Å². The highest BCUT2D eigenvalue weighted by molar-refractivity contribution is 6.27. The summed E-state index contributed by atoms with van der Waals surface area (Å²) in [6.45, 7) is 0. The van der Waals surface area contributed by atoms with Crippen LogP contribution in [0, 0.1) is 0 Å². The molecule has 9 aromatic rings. The first-order valence-corrected chi connectivity index (χ1v) is 14.6. The summed E-state index contributed by atoms with van der Waals surface area (Å²) in [5, 5.41) is 9.65. The second-order valence-electron chi connectivity index (χ2n) is 11.0. The predicted octanol–water partition coefficient (Wildman–Crippen LogP) is 11.4. The van der Waals surface area contributed by atoms with Gasteiger partial charge >= 0.3 is 0 Å². The van der Waals surface area contributed by atoms with Crippen LogP contribution in [0.25, 0.3) is 87.8 Å². The van der Waals surface area contributed by atoms with Crippen molar-refractivity contribution in [3.63, 3.8) is 0 Å². The van der Waals surface area contributed by atoms with Gasteiger partial charge in [0.15, 0.2) is 0 Å². The monoisotopic (exact) mass is 547 g/mol. The van der Waals surface area contributed by atoms with Gasteiger partial charge in [0, 0.05) is 22.5 Å². The standard InChI is InChI=1S/C41H25NO/c1-2-14-27-26(12-1)13-11-20-28(27)38-29-15-3-5-17-31(29)39(32-18-6-4-16-30(32)38)35-24-23-33(36-21-9-10-25-42-36)41-40(35)34-19-7-8-22-37(34)43-41/h1-25H. The van der Waals surface area contributed by atoms with Crippen LogP contribution in [0.5, 0.6) is 0 Å². The Hall–Kier alpha value is -5.73. The van der Waals surface area contributed by atoms with Crippen molar-refractivity contribution in [1.29, 1.82) is 0 Å². The van der Waals surface area contributed by atoms with Crippen molar-refractivity contribution in [2.24, 2.45) is 0 Å². The van der Waals surface area contributed by atoms with Crippen LogP contribution in [0.4, 0.5) is 0 Å². The predicted molar refractivity (Wildman–Crippen MR) is 180 cm³/mol. The summed E-state index contributed by atoms with van der Waals surface area (Å²) in [6, 6.07) is 51.8. The Kier molecular flexibility index (Phi) is 5.23. The third kappa shape index (κ3) is 3.57. The number of hydrogen-bond donors (Lipinski definition) is 0. The summed E-state index contributed by atoms with van der Waals surface area (Å²) in [4.78, 5) is 4.68. The van der Waals surface area contributed by atoms with E-state index in [1.54, 1.807) is 0 Å². The first-order valence-electron chi connectivity index (χ1n) is 14.6. The normalized spacial score (nSPS) is 11.7. The van der Waals surface area contributed by atoms with E-state index in [0.717, 1.165) is 38.8 Å². The van der Waals surface area contributed by atoms with Crippen LogP contribution < -0.4 is 0 Å². The minimum absolute atomic E-state index is 0.865. The largest absolute Gasteiger partial charge is 0.455 e. The second kappa shape index (κ2) is 9.40. The molecule has 9 rings (SSSR count). The average Bonchev–Trinajstić information content (AvgIpc) is 3.47. The molecule has 0 atom stereocenters. The Morgan fingerprint density at radius 3 is 1.65 bits per heavy atom. The van der Waals surface area contributed by atoms with Gasteiger partial charge in [-0.05, 0) is 78.8 Å². The first-order chi connectivity index (χ1) is 21.4. The van der Waals surface area contributed by atoms with Gasteiger partial charge in [-0.1, -0.05) is 121 Å². The van der Waals surface area contributed by atoms with Crippen molar-refractivity contribution in [2.75, 3.05) is 0 Å². The molecule has 0 bridgehead atoms. The molecule has 7 aromatic carbocycles. The van der Waals surface area contributed by atoms with Gasteiger partial charge in [-0.25, -0.2) is 0 Å². The Morgan fingerprint density at radius 2 is 0.953 bits per heavy atom. The maximum Gasteiger partial charge on any atom is 0.145 e. The smallest absolute Gasteiger partial charge is 0.145 e. The number of pyridine rings is 1. The summed E-state index contributed by atoms with van der Waals surface area (Å²) in [5.41, 5.74) is 8.55. The molecule has 0 aliphatic heterocycles. The molecule has 2 heterocycles. The molecule has 0 saturated heterocycles. The molecule has 0 spiro atoms. The summed E-state index contributed by atoms with van der Waals surface area (Å²) in [5.74, 6) is 0. The van der Waals surface area contributed by atoms with Crippen molar-refractivity contribution in [3.8, 4) is 33.5 Å². The number of aromatic nitrogens is 1. The lowest BCUT2D eigenvalue weighted by Gasteiger charge is -2.19. The number of para-hydroxylation sites is 1. The molecule has 2 heteroatoms. The molecule has 0 radical (unpaired) electrons. The summed E-state index contributed by atoms with van der Waals surface area (Å²) in [7, 11) is 0. The molecular weight excluding hydrogens is 522 g/mol. The molecule has 0 aliphatic rings. The third-order valence-corrected chi connectivity index (χ3v) is 8.73. The highest BCUT2D eigenvalue weighted by Gasteiger charge is 2.22. The van der Waals surface area contributed by atoms with Crippen molar-refractivity contribution in [2.45, 2.75) is 0 Å². The Balaban J connectivity index is 1.46. The molecule has 0 aliphatic carbocycles. The maximum atomic E-state index is 6.63. The van der Waals surface area contributed by atoms with E-state index < -0.39 is 0 Å². The van der Waals surface area contributed by atoms with Gasteiger partial charge < -0.3 is 4.42 Å². The lowest BCUT2D eigenvalue weighted by atomic mass is 9.83. The van der Waals surface area contributed by atoms with Crippen molar-refractivity contribution in [3.05, 3.63) is 152 Å². The van der Waals surface area contributed by atoms with E-state index in [9.17, 15) is 0 Å². The van der Waals surface area contributed by atoms with Gasteiger partial charge in [-0.3, -0.25) is 4.98 Å². The highest BCUT2D eigenvalue weighted by Crippen LogP contribution is 2.49.